The maximum atomic E-state index is 10.5. The van der Waals surface area contributed by atoms with E-state index in [1.165, 1.54) is 19.3 Å². The highest BCUT2D eigenvalue weighted by Crippen LogP contribution is 2.29. The number of aromatic hydroxyl groups is 1. The number of nitrogens with two attached hydrogens (primary N) is 1. The zero-order valence-corrected chi connectivity index (χ0v) is 19.4. The average Bonchev–Trinajstić information content (AvgIpc) is 3.40. The number of imidazole rings is 1. The zero-order valence-electron chi connectivity index (χ0n) is 19.4. The standard InChI is InChI=1S/C25H28N8O2/c26-22-21-23-30-24(29-22)35-10-3-1-2-5-16-11-15(14-33(23)25(34)28-21)8-9-19(16)20-12-18(31-32-20)13-27-17-6-4-7-17/h1-2,8-9,11-12,17,27H,3-7,10,13-14H2,(H,28,34)(H,31,32)(H2,26,29,30)/b2-1-. The van der Waals surface area contributed by atoms with Crippen LogP contribution in [0.25, 0.3) is 22.4 Å². The summed E-state index contributed by atoms with van der Waals surface area (Å²) in [5, 5.41) is 21.9. The number of nitrogens with zero attached hydrogens (tertiary/aromatic N) is 5. The molecule has 4 aromatic rings. The predicted octanol–water partition coefficient (Wildman–Crippen LogP) is 3.08. The van der Waals surface area contributed by atoms with Gasteiger partial charge in [0.2, 0.25) is 0 Å². The Kier molecular flexibility index (Phi) is 5.57. The lowest BCUT2D eigenvalue weighted by molar-refractivity contribution is 0.300. The number of H-pyrrole nitrogens is 1. The monoisotopic (exact) mass is 472 g/mol. The van der Waals surface area contributed by atoms with Crippen molar-refractivity contribution in [2.24, 2.45) is 0 Å². The van der Waals surface area contributed by atoms with Crippen molar-refractivity contribution in [3.63, 3.8) is 0 Å². The highest BCUT2D eigenvalue weighted by molar-refractivity contribution is 5.83. The number of fused-ring (bicyclic) bond motifs is 3. The first-order chi connectivity index (χ1) is 17.1. The average molecular weight is 473 g/mol. The molecule has 6 rings (SSSR count). The number of nitrogens with one attached hydrogen (secondary N) is 2. The van der Waals surface area contributed by atoms with Gasteiger partial charge in [0.25, 0.3) is 6.01 Å². The van der Waals surface area contributed by atoms with E-state index in [0.717, 1.165) is 41.0 Å². The molecule has 10 nitrogen and oxygen atoms in total. The van der Waals surface area contributed by atoms with Gasteiger partial charge in [-0.25, -0.2) is 0 Å². The van der Waals surface area contributed by atoms with Crippen molar-refractivity contribution in [2.45, 2.75) is 51.2 Å². The summed E-state index contributed by atoms with van der Waals surface area (Å²) >= 11 is 0. The zero-order chi connectivity index (χ0) is 23.8. The summed E-state index contributed by atoms with van der Waals surface area (Å²) < 4.78 is 7.33. The van der Waals surface area contributed by atoms with E-state index in [4.69, 9.17) is 10.5 Å². The van der Waals surface area contributed by atoms with Crippen molar-refractivity contribution >= 4 is 17.0 Å². The van der Waals surface area contributed by atoms with Crippen molar-refractivity contribution in [1.29, 1.82) is 0 Å². The van der Waals surface area contributed by atoms with Crippen LogP contribution in [0.2, 0.25) is 0 Å². The van der Waals surface area contributed by atoms with Crippen LogP contribution < -0.4 is 15.8 Å². The Hall–Kier alpha value is -3.92. The lowest BCUT2D eigenvalue weighted by Gasteiger charge is -2.26. The van der Waals surface area contributed by atoms with Gasteiger partial charge in [0, 0.05) is 23.8 Å². The van der Waals surface area contributed by atoms with Gasteiger partial charge >= 0.3 is 6.01 Å². The third-order valence-electron chi connectivity index (χ3n) is 6.70. The lowest BCUT2D eigenvalue weighted by Crippen LogP contribution is -2.34. The summed E-state index contributed by atoms with van der Waals surface area (Å²) in [6, 6.07) is 9.06. The molecule has 3 aromatic heterocycles. The molecule has 1 aliphatic carbocycles. The molecule has 10 heteroatoms. The highest BCUT2D eigenvalue weighted by Gasteiger charge is 2.19. The van der Waals surface area contributed by atoms with E-state index < -0.39 is 0 Å². The third kappa shape index (κ3) is 4.32. The van der Waals surface area contributed by atoms with Gasteiger partial charge < -0.3 is 20.9 Å². The summed E-state index contributed by atoms with van der Waals surface area (Å²) in [6.07, 6.45) is 9.53. The molecular formula is C25H28N8O2. The number of nitrogen functional groups attached to an aromatic ring is 1. The fraction of sp³-hybridized carbons (Fsp3) is 0.360. The molecule has 5 N–H and O–H groups in total. The van der Waals surface area contributed by atoms with Gasteiger partial charge in [-0.2, -0.15) is 20.1 Å². The Bertz CT molecular complexity index is 1400. The van der Waals surface area contributed by atoms with E-state index in [-0.39, 0.29) is 17.8 Å². The lowest BCUT2D eigenvalue weighted by atomic mass is 9.93. The quantitative estimate of drug-likeness (QED) is 0.332. The molecule has 0 atom stereocenters. The van der Waals surface area contributed by atoms with Crippen LogP contribution in [-0.4, -0.2) is 47.5 Å². The Morgan fingerprint density at radius 2 is 2.09 bits per heavy atom. The summed E-state index contributed by atoms with van der Waals surface area (Å²) in [6.45, 7) is 1.60. The molecule has 35 heavy (non-hydrogen) atoms. The van der Waals surface area contributed by atoms with Gasteiger partial charge in [-0.3, -0.25) is 9.67 Å². The number of aromatic nitrogens is 6. The molecule has 1 saturated carbocycles. The molecule has 0 amide bonds. The first-order valence-electron chi connectivity index (χ1n) is 12.0. The van der Waals surface area contributed by atoms with E-state index >= 15 is 0 Å². The first-order valence-corrected chi connectivity index (χ1v) is 12.0. The summed E-state index contributed by atoms with van der Waals surface area (Å²) in [5.41, 5.74) is 12.1. The Balaban J connectivity index is 1.35. The number of aromatic amines is 1. The molecule has 1 aliphatic heterocycles. The molecule has 0 unspecified atom stereocenters. The van der Waals surface area contributed by atoms with Crippen LogP contribution in [0.3, 0.4) is 0 Å². The van der Waals surface area contributed by atoms with Gasteiger partial charge in [-0.15, -0.1) is 0 Å². The van der Waals surface area contributed by atoms with Crippen molar-refractivity contribution in [2.75, 3.05) is 12.3 Å². The molecule has 2 aliphatic rings. The Morgan fingerprint density at radius 1 is 1.17 bits per heavy atom. The number of hydrogen-bond donors (Lipinski definition) is 4. The number of hydrogen-bond acceptors (Lipinski definition) is 8. The third-order valence-corrected chi connectivity index (χ3v) is 6.70. The number of rotatable bonds is 4. The summed E-state index contributed by atoms with van der Waals surface area (Å²) in [7, 11) is 0. The smallest absolute Gasteiger partial charge is 0.320 e. The summed E-state index contributed by atoms with van der Waals surface area (Å²) in [5.74, 6) is 0.179. The van der Waals surface area contributed by atoms with Gasteiger partial charge in [-0.1, -0.05) is 36.8 Å². The maximum absolute atomic E-state index is 10.5. The van der Waals surface area contributed by atoms with Crippen molar-refractivity contribution in [3.05, 3.63) is 53.2 Å². The van der Waals surface area contributed by atoms with Crippen LogP contribution in [0.5, 0.6) is 12.0 Å². The van der Waals surface area contributed by atoms with Crippen LogP contribution in [-0.2, 0) is 19.5 Å². The number of ether oxygens (including phenoxy) is 1. The molecule has 180 valence electrons. The predicted molar refractivity (Wildman–Crippen MR) is 132 cm³/mol. The van der Waals surface area contributed by atoms with E-state index in [9.17, 15) is 5.11 Å². The first kappa shape index (κ1) is 21.6. The molecular weight excluding hydrogens is 444 g/mol. The second kappa shape index (κ2) is 9.03. The molecule has 1 aromatic carbocycles. The van der Waals surface area contributed by atoms with E-state index in [1.54, 1.807) is 4.57 Å². The van der Waals surface area contributed by atoms with Gasteiger partial charge in [-0.05, 0) is 42.9 Å². The minimum absolute atomic E-state index is 0.160. The minimum atomic E-state index is -0.160. The second-order valence-corrected chi connectivity index (χ2v) is 9.15. The second-order valence-electron chi connectivity index (χ2n) is 9.15. The summed E-state index contributed by atoms with van der Waals surface area (Å²) in [4.78, 5) is 12.8. The van der Waals surface area contributed by atoms with E-state index in [0.29, 0.717) is 36.8 Å². The molecule has 0 radical (unpaired) electrons. The molecule has 0 saturated heterocycles. The van der Waals surface area contributed by atoms with Crippen LogP contribution in [0, 0.1) is 0 Å². The van der Waals surface area contributed by atoms with E-state index in [2.05, 4.69) is 60.8 Å². The Labute approximate surface area is 202 Å². The van der Waals surface area contributed by atoms with Crippen LogP contribution in [0.1, 0.15) is 42.5 Å². The van der Waals surface area contributed by atoms with Crippen molar-refractivity contribution in [3.8, 4) is 23.3 Å². The van der Waals surface area contributed by atoms with Crippen LogP contribution in [0.15, 0.2) is 36.4 Å². The van der Waals surface area contributed by atoms with Crippen LogP contribution in [0.4, 0.5) is 5.82 Å². The van der Waals surface area contributed by atoms with E-state index in [1.807, 2.05) is 6.07 Å². The van der Waals surface area contributed by atoms with Gasteiger partial charge in [0.15, 0.2) is 17.0 Å². The fourth-order valence-corrected chi connectivity index (χ4v) is 4.55. The van der Waals surface area contributed by atoms with Gasteiger partial charge in [0.05, 0.1) is 18.8 Å². The maximum Gasteiger partial charge on any atom is 0.320 e. The SMILES string of the molecule is Nc1nc2nc3c1nc(O)n3Cc1ccc(-c3cc(CNC4CCC4)[nH]n3)c(c1)C/C=C\CCO2. The normalized spacial score (nSPS) is 17.1. The molecule has 1 fully saturated rings. The number of allylic oxidation sites excluding steroid dienone is 1. The Morgan fingerprint density at radius 3 is 2.94 bits per heavy atom. The molecule has 4 bridgehead atoms. The minimum Gasteiger partial charge on any atom is -0.480 e. The number of benzene rings is 1. The van der Waals surface area contributed by atoms with Crippen molar-refractivity contribution in [1.82, 2.24) is 35.0 Å². The number of anilines is 1. The topological polar surface area (TPSA) is 140 Å². The van der Waals surface area contributed by atoms with Crippen LogP contribution >= 0.6 is 0 Å². The van der Waals surface area contributed by atoms with Crippen molar-refractivity contribution < 1.29 is 9.84 Å². The van der Waals surface area contributed by atoms with Gasteiger partial charge in [0.1, 0.15) is 0 Å². The highest BCUT2D eigenvalue weighted by atomic mass is 16.5. The largest absolute Gasteiger partial charge is 0.480 e. The molecule has 0 spiro atoms. The molecule has 4 heterocycles. The fourth-order valence-electron chi connectivity index (χ4n) is 4.55.